The SMILES string of the molecule is COc1ccc(Cn2c(=O)[nH]c3cc(C(=O)NCCC4=CCCCC4)ccc3c2=O)cc1. The van der Waals surface area contributed by atoms with Crippen molar-refractivity contribution in [2.24, 2.45) is 0 Å². The Bertz CT molecular complexity index is 1270. The summed E-state index contributed by atoms with van der Waals surface area (Å²) in [6.07, 6.45) is 7.81. The van der Waals surface area contributed by atoms with Crippen LogP contribution in [0.25, 0.3) is 10.9 Å². The highest BCUT2D eigenvalue weighted by atomic mass is 16.5. The standard InChI is InChI=1S/C25H27N3O4/c1-32-20-10-7-18(8-11-20)16-28-24(30)21-12-9-19(15-22(21)27-25(28)31)23(29)26-14-13-17-5-3-2-4-6-17/h5,7-12,15H,2-4,6,13-14,16H2,1H3,(H,26,29)(H,27,31). The molecule has 0 fully saturated rings. The lowest BCUT2D eigenvalue weighted by molar-refractivity contribution is 0.0954. The first-order valence-electron chi connectivity index (χ1n) is 10.9. The molecular weight excluding hydrogens is 406 g/mol. The van der Waals surface area contributed by atoms with E-state index >= 15 is 0 Å². The molecule has 7 heteroatoms. The first-order valence-corrected chi connectivity index (χ1v) is 10.9. The summed E-state index contributed by atoms with van der Waals surface area (Å²) < 4.78 is 6.29. The average Bonchev–Trinajstić information content (AvgIpc) is 2.82. The van der Waals surface area contributed by atoms with Gasteiger partial charge in [0.2, 0.25) is 0 Å². The Morgan fingerprint density at radius 2 is 1.94 bits per heavy atom. The largest absolute Gasteiger partial charge is 0.497 e. The van der Waals surface area contributed by atoms with Gasteiger partial charge in [0.1, 0.15) is 5.75 Å². The quantitative estimate of drug-likeness (QED) is 0.559. The number of carbonyl (C=O) groups excluding carboxylic acids is 1. The maximum absolute atomic E-state index is 12.9. The molecule has 2 N–H and O–H groups in total. The predicted molar refractivity (Wildman–Crippen MR) is 124 cm³/mol. The van der Waals surface area contributed by atoms with E-state index in [0.717, 1.165) is 29.4 Å². The molecule has 1 aliphatic rings. The van der Waals surface area contributed by atoms with Gasteiger partial charge in [-0.1, -0.05) is 23.8 Å². The van der Waals surface area contributed by atoms with Crippen molar-refractivity contribution < 1.29 is 9.53 Å². The van der Waals surface area contributed by atoms with E-state index in [2.05, 4.69) is 16.4 Å². The molecule has 1 aliphatic carbocycles. The van der Waals surface area contributed by atoms with E-state index in [9.17, 15) is 14.4 Å². The van der Waals surface area contributed by atoms with Gasteiger partial charge in [-0.2, -0.15) is 0 Å². The number of fused-ring (bicyclic) bond motifs is 1. The Labute approximate surface area is 185 Å². The number of amides is 1. The number of ether oxygens (including phenoxy) is 1. The first-order chi connectivity index (χ1) is 15.5. The van der Waals surface area contributed by atoms with Crippen LogP contribution in [0.1, 0.15) is 48.0 Å². The van der Waals surface area contributed by atoms with E-state index in [1.807, 2.05) is 12.1 Å². The van der Waals surface area contributed by atoms with Crippen LogP contribution in [0.5, 0.6) is 5.75 Å². The number of rotatable bonds is 7. The molecule has 1 aromatic heterocycles. The second-order valence-electron chi connectivity index (χ2n) is 8.04. The number of carbonyl (C=O) groups is 1. The van der Waals surface area contributed by atoms with E-state index < -0.39 is 11.2 Å². The molecule has 0 saturated heterocycles. The molecular formula is C25H27N3O4. The average molecular weight is 434 g/mol. The fourth-order valence-corrected chi connectivity index (χ4v) is 4.02. The molecule has 166 valence electrons. The number of nitrogens with zero attached hydrogens (tertiary/aromatic N) is 1. The lowest BCUT2D eigenvalue weighted by Crippen LogP contribution is -2.35. The molecule has 0 atom stereocenters. The normalized spacial score (nSPS) is 13.6. The number of aromatic amines is 1. The van der Waals surface area contributed by atoms with Crippen LogP contribution >= 0.6 is 0 Å². The second-order valence-corrected chi connectivity index (χ2v) is 8.04. The van der Waals surface area contributed by atoms with Crippen LogP contribution in [0.2, 0.25) is 0 Å². The third-order valence-corrected chi connectivity index (χ3v) is 5.86. The molecule has 0 spiro atoms. The number of aromatic nitrogens is 2. The van der Waals surface area contributed by atoms with E-state index in [4.69, 9.17) is 4.74 Å². The molecule has 4 rings (SSSR count). The van der Waals surface area contributed by atoms with Gasteiger partial charge >= 0.3 is 5.69 Å². The summed E-state index contributed by atoms with van der Waals surface area (Å²) in [5.74, 6) is 0.487. The van der Waals surface area contributed by atoms with Gasteiger partial charge in [0.05, 0.1) is 24.6 Å². The summed E-state index contributed by atoms with van der Waals surface area (Å²) in [5, 5.41) is 3.29. The van der Waals surface area contributed by atoms with Gasteiger partial charge in [-0.3, -0.25) is 14.2 Å². The highest BCUT2D eigenvalue weighted by Crippen LogP contribution is 2.19. The Morgan fingerprint density at radius 3 is 2.66 bits per heavy atom. The molecule has 0 aliphatic heterocycles. The maximum atomic E-state index is 12.9. The van der Waals surface area contributed by atoms with Crippen LogP contribution in [0.4, 0.5) is 0 Å². The molecule has 0 saturated carbocycles. The summed E-state index contributed by atoms with van der Waals surface area (Å²) in [6, 6.07) is 12.0. The van der Waals surface area contributed by atoms with Crippen molar-refractivity contribution in [3.63, 3.8) is 0 Å². The van der Waals surface area contributed by atoms with Crippen molar-refractivity contribution in [3.05, 3.63) is 86.1 Å². The van der Waals surface area contributed by atoms with Crippen LogP contribution in [-0.2, 0) is 6.54 Å². The number of hydrogen-bond acceptors (Lipinski definition) is 4. The van der Waals surface area contributed by atoms with Crippen molar-refractivity contribution in [2.75, 3.05) is 13.7 Å². The summed E-state index contributed by atoms with van der Waals surface area (Å²) >= 11 is 0. The number of nitrogens with one attached hydrogen (secondary N) is 2. The number of benzene rings is 2. The highest BCUT2D eigenvalue weighted by Gasteiger charge is 2.12. The molecule has 3 aromatic rings. The van der Waals surface area contributed by atoms with E-state index in [1.54, 1.807) is 37.4 Å². The molecule has 7 nitrogen and oxygen atoms in total. The van der Waals surface area contributed by atoms with Crippen molar-refractivity contribution >= 4 is 16.8 Å². The zero-order valence-corrected chi connectivity index (χ0v) is 18.1. The van der Waals surface area contributed by atoms with E-state index in [-0.39, 0.29) is 12.5 Å². The maximum Gasteiger partial charge on any atom is 0.329 e. The van der Waals surface area contributed by atoms with Crippen LogP contribution in [0.15, 0.2) is 63.7 Å². The van der Waals surface area contributed by atoms with Crippen molar-refractivity contribution in [1.82, 2.24) is 14.9 Å². The number of hydrogen-bond donors (Lipinski definition) is 2. The minimum atomic E-state index is -0.514. The fourth-order valence-electron chi connectivity index (χ4n) is 4.02. The minimum Gasteiger partial charge on any atom is -0.497 e. The molecule has 1 heterocycles. The van der Waals surface area contributed by atoms with E-state index in [1.165, 1.54) is 18.4 Å². The summed E-state index contributed by atoms with van der Waals surface area (Å²) in [5.41, 5.74) is 2.07. The van der Waals surface area contributed by atoms with Crippen molar-refractivity contribution in [3.8, 4) is 5.75 Å². The monoisotopic (exact) mass is 433 g/mol. The Balaban J connectivity index is 1.51. The summed E-state index contributed by atoms with van der Waals surface area (Å²) in [4.78, 5) is 40.8. The van der Waals surface area contributed by atoms with Gasteiger partial charge in [-0.25, -0.2) is 4.79 Å². The number of methoxy groups -OCH3 is 1. The van der Waals surface area contributed by atoms with Gasteiger partial charge in [0, 0.05) is 12.1 Å². The van der Waals surface area contributed by atoms with Crippen LogP contribution in [0.3, 0.4) is 0 Å². The molecule has 32 heavy (non-hydrogen) atoms. The molecule has 0 radical (unpaired) electrons. The molecule has 0 bridgehead atoms. The molecule has 0 unspecified atom stereocenters. The van der Waals surface area contributed by atoms with Crippen LogP contribution in [-0.4, -0.2) is 29.1 Å². The molecule has 2 aromatic carbocycles. The lowest BCUT2D eigenvalue weighted by Gasteiger charge is -2.13. The predicted octanol–water partition coefficient (Wildman–Crippen LogP) is 3.37. The van der Waals surface area contributed by atoms with Gasteiger partial charge in [-0.15, -0.1) is 0 Å². The Morgan fingerprint density at radius 1 is 1.12 bits per heavy atom. The Hall–Kier alpha value is -3.61. The highest BCUT2D eigenvalue weighted by molar-refractivity contribution is 5.97. The summed E-state index contributed by atoms with van der Waals surface area (Å²) in [7, 11) is 1.58. The lowest BCUT2D eigenvalue weighted by atomic mass is 9.97. The van der Waals surface area contributed by atoms with Crippen molar-refractivity contribution in [1.29, 1.82) is 0 Å². The van der Waals surface area contributed by atoms with E-state index in [0.29, 0.717) is 28.8 Å². The third-order valence-electron chi connectivity index (χ3n) is 5.86. The third kappa shape index (κ3) is 4.82. The van der Waals surface area contributed by atoms with Crippen LogP contribution < -0.4 is 21.3 Å². The van der Waals surface area contributed by atoms with Gasteiger partial charge < -0.3 is 15.0 Å². The second kappa shape index (κ2) is 9.68. The first kappa shape index (κ1) is 21.6. The minimum absolute atomic E-state index is 0.145. The van der Waals surface area contributed by atoms with Crippen molar-refractivity contribution in [2.45, 2.75) is 38.6 Å². The topological polar surface area (TPSA) is 93.2 Å². The summed E-state index contributed by atoms with van der Waals surface area (Å²) in [6.45, 7) is 0.717. The van der Waals surface area contributed by atoms with Gasteiger partial charge in [-0.05, 0) is 68.0 Å². The Kier molecular flexibility index (Phi) is 6.54. The fraction of sp³-hybridized carbons (Fsp3) is 0.320. The zero-order chi connectivity index (χ0) is 22.5. The van der Waals surface area contributed by atoms with Crippen LogP contribution in [0, 0.1) is 0 Å². The number of H-pyrrole nitrogens is 1. The van der Waals surface area contributed by atoms with Gasteiger partial charge in [0.25, 0.3) is 11.5 Å². The smallest absolute Gasteiger partial charge is 0.329 e. The molecule has 1 amide bonds. The number of allylic oxidation sites excluding steroid dienone is 1. The zero-order valence-electron chi connectivity index (χ0n) is 18.1. The van der Waals surface area contributed by atoms with Gasteiger partial charge in [0.15, 0.2) is 0 Å².